The maximum absolute atomic E-state index is 14.1. The minimum Gasteiger partial charge on any atom is -0.497 e. The Morgan fingerprint density at radius 2 is 1.71 bits per heavy atom. The van der Waals surface area contributed by atoms with Gasteiger partial charge in [-0.15, -0.1) is 5.10 Å². The van der Waals surface area contributed by atoms with E-state index < -0.39 is 11.6 Å². The van der Waals surface area contributed by atoms with Gasteiger partial charge >= 0.3 is 0 Å². The molecule has 0 radical (unpaired) electrons. The number of anilines is 1. The molecule has 2 amide bonds. The van der Waals surface area contributed by atoms with E-state index >= 15 is 0 Å². The van der Waals surface area contributed by atoms with Crippen LogP contribution >= 0.6 is 0 Å². The van der Waals surface area contributed by atoms with Gasteiger partial charge in [0.15, 0.2) is 5.78 Å². The molecule has 0 aliphatic heterocycles. The Balaban J connectivity index is 1.85. The zero-order valence-electron chi connectivity index (χ0n) is 22.1. The number of Topliss-reactive ketones (excluding diaryl/α,β-unsaturated/α-hetero) is 1. The molecule has 38 heavy (non-hydrogen) atoms. The van der Waals surface area contributed by atoms with Gasteiger partial charge in [-0.3, -0.25) is 19.3 Å². The molecular formula is C29H31N5O4. The average molecular weight is 514 g/mol. The van der Waals surface area contributed by atoms with E-state index in [1.54, 1.807) is 55.6 Å². The normalized spacial score (nSPS) is 12.1. The lowest BCUT2D eigenvalue weighted by Gasteiger charge is -2.34. The molecule has 0 fully saturated rings. The second-order valence-corrected chi connectivity index (χ2v) is 10.0. The Morgan fingerprint density at radius 3 is 2.37 bits per heavy atom. The molecule has 9 heteroatoms. The summed E-state index contributed by atoms with van der Waals surface area (Å²) in [6.07, 6.45) is 0. The standard InChI is InChI=1S/C29H31N5O4/c1-19(35)20-13-15-22(16-14-20)34(26(36)18-33-25-12-7-6-11-24(25)31-32-33)27(28(37)30-29(2,3)4)21-9-8-10-23(17-21)38-5/h6-17,27H,18H2,1-5H3,(H,30,37)/t27-/m1/s1. The number of ether oxygens (including phenoxy) is 1. The zero-order valence-corrected chi connectivity index (χ0v) is 22.1. The summed E-state index contributed by atoms with van der Waals surface area (Å²) in [5, 5.41) is 11.3. The van der Waals surface area contributed by atoms with Crippen molar-refractivity contribution in [1.82, 2.24) is 20.3 Å². The van der Waals surface area contributed by atoms with Crippen molar-refractivity contribution in [1.29, 1.82) is 0 Å². The smallest absolute Gasteiger partial charge is 0.249 e. The van der Waals surface area contributed by atoms with Gasteiger partial charge in [-0.25, -0.2) is 4.68 Å². The van der Waals surface area contributed by atoms with Gasteiger partial charge in [0.1, 0.15) is 23.9 Å². The highest BCUT2D eigenvalue weighted by Crippen LogP contribution is 2.31. The van der Waals surface area contributed by atoms with Gasteiger partial charge in [0, 0.05) is 16.8 Å². The van der Waals surface area contributed by atoms with Crippen LogP contribution in [0, 0.1) is 0 Å². The third-order valence-corrected chi connectivity index (χ3v) is 5.94. The van der Waals surface area contributed by atoms with E-state index in [0.29, 0.717) is 33.6 Å². The van der Waals surface area contributed by atoms with Gasteiger partial charge in [-0.1, -0.05) is 29.5 Å². The second-order valence-electron chi connectivity index (χ2n) is 10.0. The zero-order chi connectivity index (χ0) is 27.4. The van der Waals surface area contributed by atoms with Crippen molar-refractivity contribution in [3.05, 3.63) is 83.9 Å². The number of nitrogens with zero attached hydrogens (tertiary/aromatic N) is 4. The van der Waals surface area contributed by atoms with Crippen molar-refractivity contribution in [2.45, 2.75) is 45.8 Å². The highest BCUT2D eigenvalue weighted by atomic mass is 16.5. The predicted octanol–water partition coefficient (Wildman–Crippen LogP) is 4.33. The lowest BCUT2D eigenvalue weighted by molar-refractivity contribution is -0.128. The van der Waals surface area contributed by atoms with Crippen LogP contribution < -0.4 is 15.0 Å². The number of carbonyl (C=O) groups is 3. The van der Waals surface area contributed by atoms with Crippen LogP contribution in [0.25, 0.3) is 11.0 Å². The first-order valence-corrected chi connectivity index (χ1v) is 12.2. The molecule has 4 aromatic rings. The third-order valence-electron chi connectivity index (χ3n) is 5.94. The minimum absolute atomic E-state index is 0.0988. The molecule has 1 N–H and O–H groups in total. The summed E-state index contributed by atoms with van der Waals surface area (Å²) in [7, 11) is 1.54. The summed E-state index contributed by atoms with van der Waals surface area (Å²) >= 11 is 0. The van der Waals surface area contributed by atoms with Crippen LogP contribution in [0.2, 0.25) is 0 Å². The summed E-state index contributed by atoms with van der Waals surface area (Å²) in [5.74, 6) is -0.290. The predicted molar refractivity (Wildman–Crippen MR) is 145 cm³/mol. The molecule has 196 valence electrons. The largest absolute Gasteiger partial charge is 0.497 e. The van der Waals surface area contributed by atoms with E-state index in [1.165, 1.54) is 16.5 Å². The first-order chi connectivity index (χ1) is 18.1. The third kappa shape index (κ3) is 5.88. The molecule has 0 saturated heterocycles. The number of fused-ring (bicyclic) bond motifs is 1. The number of nitrogens with one attached hydrogen (secondary N) is 1. The van der Waals surface area contributed by atoms with Crippen molar-refractivity contribution < 1.29 is 19.1 Å². The molecule has 0 saturated carbocycles. The van der Waals surface area contributed by atoms with Crippen LogP contribution in [0.4, 0.5) is 5.69 Å². The topological polar surface area (TPSA) is 106 Å². The van der Waals surface area contributed by atoms with E-state index in [0.717, 1.165) is 0 Å². The maximum Gasteiger partial charge on any atom is 0.249 e. The lowest BCUT2D eigenvalue weighted by atomic mass is 10.00. The van der Waals surface area contributed by atoms with Crippen LogP contribution in [0.1, 0.15) is 49.7 Å². The highest BCUT2D eigenvalue weighted by molar-refractivity contribution is 6.02. The first kappa shape index (κ1) is 26.5. The lowest BCUT2D eigenvalue weighted by Crippen LogP contribution is -2.50. The molecular weight excluding hydrogens is 482 g/mol. The van der Waals surface area contributed by atoms with Crippen molar-refractivity contribution in [2.75, 3.05) is 12.0 Å². The Morgan fingerprint density at radius 1 is 1.00 bits per heavy atom. The Kier molecular flexibility index (Phi) is 7.57. The van der Waals surface area contributed by atoms with Gasteiger partial charge in [-0.05, 0) is 81.8 Å². The molecule has 4 rings (SSSR count). The van der Waals surface area contributed by atoms with Crippen molar-refractivity contribution in [3.8, 4) is 5.75 Å². The SMILES string of the molecule is COc1cccc([C@H](C(=O)NC(C)(C)C)N(C(=O)Cn2nnc3ccccc32)c2ccc(C(C)=O)cc2)c1. The molecule has 0 spiro atoms. The molecule has 0 aliphatic rings. The van der Waals surface area contributed by atoms with Crippen LogP contribution in [-0.4, -0.2) is 45.2 Å². The summed E-state index contributed by atoms with van der Waals surface area (Å²) in [4.78, 5) is 41.3. The number of hydrogen-bond acceptors (Lipinski definition) is 6. The second kappa shape index (κ2) is 10.8. The first-order valence-electron chi connectivity index (χ1n) is 12.2. The highest BCUT2D eigenvalue weighted by Gasteiger charge is 2.35. The Hall–Kier alpha value is -4.53. The fourth-order valence-corrected chi connectivity index (χ4v) is 4.20. The average Bonchev–Trinajstić information content (AvgIpc) is 3.28. The number of benzene rings is 3. The number of para-hydroxylation sites is 1. The van der Waals surface area contributed by atoms with Crippen LogP contribution in [0.15, 0.2) is 72.8 Å². The van der Waals surface area contributed by atoms with E-state index in [2.05, 4.69) is 15.6 Å². The number of rotatable bonds is 8. The number of methoxy groups -OCH3 is 1. The molecule has 3 aromatic carbocycles. The molecule has 0 aliphatic carbocycles. The molecule has 1 heterocycles. The van der Waals surface area contributed by atoms with E-state index in [1.807, 2.05) is 45.0 Å². The number of carbonyl (C=O) groups excluding carboxylic acids is 3. The molecule has 9 nitrogen and oxygen atoms in total. The minimum atomic E-state index is -1.03. The van der Waals surface area contributed by atoms with Crippen LogP contribution in [0.5, 0.6) is 5.75 Å². The summed E-state index contributed by atoms with van der Waals surface area (Å²) < 4.78 is 6.92. The quantitative estimate of drug-likeness (QED) is 0.352. The van der Waals surface area contributed by atoms with Crippen LogP contribution in [0.3, 0.4) is 0 Å². The maximum atomic E-state index is 14.1. The molecule has 1 atom stereocenters. The molecule has 1 aromatic heterocycles. The van der Waals surface area contributed by atoms with Gasteiger partial charge in [0.25, 0.3) is 0 Å². The Bertz CT molecular complexity index is 1470. The molecule has 0 unspecified atom stereocenters. The van der Waals surface area contributed by atoms with Crippen molar-refractivity contribution in [2.24, 2.45) is 0 Å². The molecule has 0 bridgehead atoms. The number of amides is 2. The summed E-state index contributed by atoms with van der Waals surface area (Å²) in [6.45, 7) is 6.95. The number of hydrogen-bond donors (Lipinski definition) is 1. The number of ketones is 1. The Labute approximate surface area is 221 Å². The summed E-state index contributed by atoms with van der Waals surface area (Å²) in [5.41, 5.74) is 2.33. The van der Waals surface area contributed by atoms with Crippen molar-refractivity contribution in [3.63, 3.8) is 0 Å². The monoisotopic (exact) mass is 513 g/mol. The van der Waals surface area contributed by atoms with E-state index in [9.17, 15) is 14.4 Å². The van der Waals surface area contributed by atoms with E-state index in [4.69, 9.17) is 4.74 Å². The number of aromatic nitrogens is 3. The van der Waals surface area contributed by atoms with Gasteiger partial charge in [-0.2, -0.15) is 0 Å². The fraction of sp³-hybridized carbons (Fsp3) is 0.276. The fourth-order valence-electron chi connectivity index (χ4n) is 4.20. The van der Waals surface area contributed by atoms with Gasteiger partial charge in [0.2, 0.25) is 11.8 Å². The van der Waals surface area contributed by atoms with Gasteiger partial charge < -0.3 is 10.1 Å². The van der Waals surface area contributed by atoms with Crippen molar-refractivity contribution >= 4 is 34.3 Å². The van der Waals surface area contributed by atoms with Gasteiger partial charge in [0.05, 0.1) is 12.6 Å². The van der Waals surface area contributed by atoms with Crippen LogP contribution in [-0.2, 0) is 16.1 Å². The summed E-state index contributed by atoms with van der Waals surface area (Å²) in [6, 6.07) is 20.0. The van der Waals surface area contributed by atoms with E-state index in [-0.39, 0.29) is 24.1 Å².